The van der Waals surface area contributed by atoms with E-state index in [1.54, 1.807) is 0 Å². The molecule has 210 valence electrons. The van der Waals surface area contributed by atoms with E-state index in [-0.39, 0.29) is 28.2 Å². The van der Waals surface area contributed by atoms with Gasteiger partial charge in [-0.15, -0.1) is 16.4 Å². The van der Waals surface area contributed by atoms with Crippen LogP contribution in [-0.4, -0.2) is 48.8 Å². The normalized spacial score (nSPS) is 16.8. The minimum atomic E-state index is 0.0828. The summed E-state index contributed by atoms with van der Waals surface area (Å²) < 4.78 is 2.27. The molecule has 2 aliphatic carbocycles. The van der Waals surface area contributed by atoms with Gasteiger partial charge in [0.1, 0.15) is 45.1 Å². The van der Waals surface area contributed by atoms with E-state index in [2.05, 4.69) is 115 Å². The molecule has 0 amide bonds. The van der Waals surface area contributed by atoms with E-state index in [0.717, 1.165) is 28.1 Å². The fourth-order valence-corrected chi connectivity index (χ4v) is 7.48. The largest absolute Gasteiger partial charge is 0.296 e. The minimum Gasteiger partial charge on any atom is -0.296 e. The molecule has 0 saturated carbocycles. The minimum absolute atomic E-state index is 0.0828. The third-order valence-electron chi connectivity index (χ3n) is 9.68. The monoisotopic (exact) mass is 588 g/mol. The first-order valence-electron chi connectivity index (χ1n) is 15.7. The molecule has 10 radical (unpaired) electrons. The third-order valence-corrected chi connectivity index (χ3v) is 9.68. The van der Waals surface area contributed by atoms with Crippen LogP contribution in [0.15, 0.2) is 127 Å². The summed E-state index contributed by atoms with van der Waals surface area (Å²) in [6, 6.07) is 34.1. The Morgan fingerprint density at radius 2 is 1.28 bits per heavy atom. The van der Waals surface area contributed by atoms with Crippen LogP contribution in [0.5, 0.6) is 0 Å². The lowest BCUT2D eigenvalue weighted by atomic mass is 9.59. The molecule has 0 bridgehead atoms. The fourth-order valence-electron chi connectivity index (χ4n) is 7.48. The van der Waals surface area contributed by atoms with Gasteiger partial charge in [0.2, 0.25) is 0 Å². The first-order chi connectivity index (χ1) is 22.8. The topological polar surface area (TPSA) is 17.8 Å². The number of nitrogens with zero attached hydrogens (tertiary/aromatic N) is 2. The van der Waals surface area contributed by atoms with Crippen molar-refractivity contribution < 1.29 is 0 Å². The van der Waals surface area contributed by atoms with Crippen LogP contribution < -0.4 is 27.3 Å². The van der Waals surface area contributed by atoms with Gasteiger partial charge >= 0.3 is 0 Å². The maximum atomic E-state index is 6.41. The predicted molar refractivity (Wildman–Crippen MR) is 201 cm³/mol. The summed E-state index contributed by atoms with van der Waals surface area (Å²) in [5.41, 5.74) is 13.3. The molecule has 47 heavy (non-hydrogen) atoms. The zero-order valence-electron chi connectivity index (χ0n) is 26.0. The van der Waals surface area contributed by atoms with Crippen LogP contribution in [0.3, 0.4) is 0 Å². The molecule has 0 N–H and O–H groups in total. The Morgan fingerprint density at radius 3 is 2.04 bits per heavy atom. The Labute approximate surface area is 282 Å². The molecule has 2 unspecified atom stereocenters. The van der Waals surface area contributed by atoms with Crippen molar-refractivity contribution in [2.45, 2.75) is 12.8 Å². The van der Waals surface area contributed by atoms with Crippen molar-refractivity contribution in [1.29, 1.82) is 0 Å². The van der Waals surface area contributed by atoms with Crippen LogP contribution in [0.25, 0.3) is 33.4 Å². The summed E-state index contributed by atoms with van der Waals surface area (Å²) >= 11 is 0. The van der Waals surface area contributed by atoms with Gasteiger partial charge in [0.05, 0.1) is 16.7 Å². The summed E-state index contributed by atoms with van der Waals surface area (Å²) in [7, 11) is 31.2. The second-order valence-electron chi connectivity index (χ2n) is 12.2. The molecule has 6 aromatic rings. The number of imidazole rings is 1. The molecule has 0 spiro atoms. The summed E-state index contributed by atoms with van der Waals surface area (Å²) in [5, 5.41) is 0. The third kappa shape index (κ3) is 4.59. The highest BCUT2D eigenvalue weighted by atomic mass is 15.1. The van der Waals surface area contributed by atoms with Gasteiger partial charge in [-0.05, 0) is 64.1 Å². The highest BCUT2D eigenvalue weighted by Gasteiger charge is 2.36. The van der Waals surface area contributed by atoms with E-state index >= 15 is 0 Å². The van der Waals surface area contributed by atoms with E-state index in [4.69, 9.17) is 44.2 Å². The molecule has 2 aliphatic rings. The zero-order valence-corrected chi connectivity index (χ0v) is 26.0. The number of para-hydroxylation sites is 3. The fraction of sp³-hybridized carbons (Fsp3) is 0.0750. The second kappa shape index (κ2) is 11.4. The molecule has 7 heteroatoms. The number of hydrogen-bond acceptors (Lipinski definition) is 1. The van der Waals surface area contributed by atoms with Crippen LogP contribution >= 0.6 is 0 Å². The number of aryl methyl sites for hydroxylation is 1. The van der Waals surface area contributed by atoms with Gasteiger partial charge in [-0.2, -0.15) is 0 Å². The van der Waals surface area contributed by atoms with Crippen molar-refractivity contribution in [2.24, 2.45) is 5.92 Å². The van der Waals surface area contributed by atoms with Crippen molar-refractivity contribution >= 4 is 83.2 Å². The molecular weight excluding hydrogens is 563 g/mol. The summed E-state index contributed by atoms with van der Waals surface area (Å²) in [6.07, 6.45) is 8.89. The molecule has 0 aliphatic heterocycles. The van der Waals surface area contributed by atoms with Crippen LogP contribution in [0, 0.1) is 12.8 Å². The lowest BCUT2D eigenvalue weighted by Gasteiger charge is -2.37. The number of aromatic nitrogens is 2. The van der Waals surface area contributed by atoms with Gasteiger partial charge in [0.15, 0.2) is 0 Å². The number of allylic oxidation sites excluding steroid dienone is 5. The van der Waals surface area contributed by atoms with Crippen molar-refractivity contribution in [1.82, 2.24) is 9.55 Å². The first-order valence-corrected chi connectivity index (χ1v) is 15.7. The highest BCUT2D eigenvalue weighted by molar-refractivity contribution is 6.68. The first kappa shape index (κ1) is 29.5. The van der Waals surface area contributed by atoms with Gasteiger partial charge in [0.25, 0.3) is 0 Å². The summed E-state index contributed by atoms with van der Waals surface area (Å²) in [4.78, 5) is 4.89. The van der Waals surface area contributed by atoms with Crippen molar-refractivity contribution in [3.63, 3.8) is 0 Å². The smallest absolute Gasteiger partial charge is 0.113 e. The van der Waals surface area contributed by atoms with Crippen molar-refractivity contribution in [3.05, 3.63) is 155 Å². The Balaban J connectivity index is 1.30. The van der Waals surface area contributed by atoms with Crippen molar-refractivity contribution in [3.8, 4) is 16.8 Å². The Bertz CT molecular complexity index is 2300. The highest BCUT2D eigenvalue weighted by Crippen LogP contribution is 2.51. The molecule has 0 saturated heterocycles. The number of hydrogen-bond donors (Lipinski definition) is 0. The average Bonchev–Trinajstić information content (AvgIpc) is 3.44. The van der Waals surface area contributed by atoms with E-state index in [9.17, 15) is 0 Å². The standard InChI is InChI=1S/C40H25B5N2/c1-22-46-30-15-7-9-17-32(30)47(22)31-16-8-6-14-29(31)35-27-12-4-2-10-25(27)33(26-11-3-5-13-28(26)35)23-18-20-24(21-19-23)34-36(41)38(43)40(45)39(44)37(34)42/h2-21,25,33H,1H3. The van der Waals surface area contributed by atoms with Gasteiger partial charge in [-0.1, -0.05) is 114 Å². The van der Waals surface area contributed by atoms with E-state index in [0.29, 0.717) is 16.5 Å². The number of rotatable bonds is 4. The number of fused-ring (bicyclic) bond motifs is 3. The predicted octanol–water partition coefficient (Wildman–Crippen LogP) is 3.66. The summed E-state index contributed by atoms with van der Waals surface area (Å²) in [6.45, 7) is 2.07. The Kier molecular flexibility index (Phi) is 7.17. The van der Waals surface area contributed by atoms with E-state index in [1.807, 2.05) is 18.2 Å². The maximum Gasteiger partial charge on any atom is 0.113 e. The molecular formula is C40H25B5N2. The van der Waals surface area contributed by atoms with Crippen LogP contribution in [0.4, 0.5) is 0 Å². The van der Waals surface area contributed by atoms with Crippen LogP contribution in [0.2, 0.25) is 0 Å². The SMILES string of the molecule is [B]c1c([B])c([B])c(-c2ccc(C3c4ccccc4C(c4ccccc4-n4c(C)nc5ccccc54)=C4C=CC=CC43)cc2)c([B])c1[B]. The van der Waals surface area contributed by atoms with E-state index < -0.39 is 0 Å². The zero-order chi connectivity index (χ0) is 32.4. The number of benzene rings is 5. The van der Waals surface area contributed by atoms with Gasteiger partial charge in [0, 0.05) is 17.4 Å². The molecule has 1 heterocycles. The van der Waals surface area contributed by atoms with Gasteiger partial charge in [-0.25, -0.2) is 4.98 Å². The lowest BCUT2D eigenvalue weighted by molar-refractivity contribution is 0.649. The molecule has 5 aromatic carbocycles. The van der Waals surface area contributed by atoms with Crippen LogP contribution in [-0.2, 0) is 0 Å². The van der Waals surface area contributed by atoms with E-state index in [1.165, 1.54) is 33.4 Å². The molecule has 2 atom stereocenters. The molecule has 1 aromatic heterocycles. The Morgan fingerprint density at radius 1 is 0.638 bits per heavy atom. The van der Waals surface area contributed by atoms with Gasteiger partial charge < -0.3 is 0 Å². The molecule has 0 fully saturated rings. The molecule has 2 nitrogen and oxygen atoms in total. The molecule has 8 rings (SSSR count). The Hall–Kier alpha value is -4.89. The quantitative estimate of drug-likeness (QED) is 0.288. The maximum absolute atomic E-state index is 6.41. The van der Waals surface area contributed by atoms with Gasteiger partial charge in [-0.3, -0.25) is 4.57 Å². The lowest BCUT2D eigenvalue weighted by Crippen LogP contribution is -2.55. The van der Waals surface area contributed by atoms with Crippen LogP contribution in [0.1, 0.15) is 34.0 Å². The second-order valence-corrected chi connectivity index (χ2v) is 12.2. The van der Waals surface area contributed by atoms with Crippen molar-refractivity contribution in [2.75, 3.05) is 0 Å². The summed E-state index contributed by atoms with van der Waals surface area (Å²) in [5.74, 6) is 1.15. The average molecular weight is 588 g/mol.